The lowest BCUT2D eigenvalue weighted by Gasteiger charge is -1.93. The second-order valence-corrected chi connectivity index (χ2v) is 3.00. The van der Waals surface area contributed by atoms with E-state index in [1.807, 2.05) is 36.4 Å². The minimum atomic E-state index is 0.101. The third-order valence-electron chi connectivity index (χ3n) is 1.99. The lowest BCUT2D eigenvalue weighted by molar-refractivity contribution is -0.115. The van der Waals surface area contributed by atoms with Crippen LogP contribution in [0.3, 0.4) is 0 Å². The van der Waals surface area contributed by atoms with E-state index in [1.54, 1.807) is 0 Å². The van der Waals surface area contributed by atoms with Crippen molar-refractivity contribution in [2.75, 3.05) is 13.2 Å². The van der Waals surface area contributed by atoms with Gasteiger partial charge in [0.05, 0.1) is 6.61 Å². The van der Waals surface area contributed by atoms with Crippen LogP contribution in [0.25, 0.3) is 6.08 Å². The van der Waals surface area contributed by atoms with Gasteiger partial charge in [-0.2, -0.15) is 0 Å². The van der Waals surface area contributed by atoms with Gasteiger partial charge in [0.15, 0.2) is 5.78 Å². The van der Waals surface area contributed by atoms with Crippen LogP contribution in [0.15, 0.2) is 35.9 Å². The second-order valence-electron chi connectivity index (χ2n) is 3.00. The van der Waals surface area contributed by atoms with Crippen molar-refractivity contribution in [3.05, 3.63) is 41.5 Å². The van der Waals surface area contributed by atoms with Crippen LogP contribution in [0.5, 0.6) is 0 Å². The Hall–Kier alpha value is -1.41. The molecule has 0 bridgehead atoms. The quantitative estimate of drug-likeness (QED) is 0.605. The summed E-state index contributed by atoms with van der Waals surface area (Å²) in [6, 6.07) is 9.80. The van der Waals surface area contributed by atoms with Crippen molar-refractivity contribution < 1.29 is 9.53 Å². The van der Waals surface area contributed by atoms with E-state index in [0.717, 1.165) is 11.1 Å². The van der Waals surface area contributed by atoms with Crippen molar-refractivity contribution in [1.82, 2.24) is 0 Å². The third-order valence-corrected chi connectivity index (χ3v) is 1.99. The van der Waals surface area contributed by atoms with Gasteiger partial charge in [-0.25, -0.2) is 0 Å². The number of Topliss-reactive ketones (excluding diaryl/α,β-unsaturated/α-hetero) is 1. The Kier molecular flexibility index (Phi) is 2.23. The summed E-state index contributed by atoms with van der Waals surface area (Å²) < 4.78 is 5.02. The Morgan fingerprint density at radius 1 is 1.15 bits per heavy atom. The first-order chi connectivity index (χ1) is 6.36. The highest BCUT2D eigenvalue weighted by atomic mass is 16.5. The molecule has 1 aliphatic rings. The summed E-state index contributed by atoms with van der Waals surface area (Å²) in [6.45, 7) is 0.687. The molecule has 2 rings (SSSR count). The van der Waals surface area contributed by atoms with E-state index in [0.29, 0.717) is 6.61 Å². The number of carbonyl (C=O) groups excluding carboxylic acids is 1. The molecule has 1 aromatic carbocycles. The first kappa shape index (κ1) is 8.20. The van der Waals surface area contributed by atoms with Crippen molar-refractivity contribution >= 4 is 11.9 Å². The summed E-state index contributed by atoms with van der Waals surface area (Å²) >= 11 is 0. The number of rotatable bonds is 1. The molecule has 1 heterocycles. The Bertz CT molecular complexity index is 338. The Morgan fingerprint density at radius 3 is 2.54 bits per heavy atom. The highest BCUT2D eigenvalue weighted by Crippen LogP contribution is 2.12. The molecule has 2 nitrogen and oxygen atoms in total. The first-order valence-electron chi connectivity index (χ1n) is 4.23. The molecule has 0 aromatic heterocycles. The van der Waals surface area contributed by atoms with Crippen LogP contribution in [-0.2, 0) is 9.53 Å². The zero-order valence-corrected chi connectivity index (χ0v) is 7.19. The average Bonchev–Trinajstić information content (AvgIpc) is 2.54. The third kappa shape index (κ3) is 1.84. The van der Waals surface area contributed by atoms with Crippen molar-refractivity contribution in [2.24, 2.45) is 0 Å². The molecule has 0 unspecified atom stereocenters. The standard InChI is InChI=1S/C11H10O2/c12-11-8-13-7-10(11)6-9-4-2-1-3-5-9/h1-6H,7-8H2. The number of carbonyl (C=O) groups is 1. The SMILES string of the molecule is O=C1COCC1=Cc1ccccc1. The fourth-order valence-corrected chi connectivity index (χ4v) is 1.30. The van der Waals surface area contributed by atoms with Crippen molar-refractivity contribution in [1.29, 1.82) is 0 Å². The highest BCUT2D eigenvalue weighted by molar-refractivity contribution is 6.02. The number of hydrogen-bond acceptors (Lipinski definition) is 2. The van der Waals surface area contributed by atoms with Crippen molar-refractivity contribution in [2.45, 2.75) is 0 Å². The normalized spacial score (nSPS) is 19.7. The smallest absolute Gasteiger partial charge is 0.186 e. The summed E-state index contributed by atoms with van der Waals surface area (Å²) in [4.78, 5) is 11.2. The van der Waals surface area contributed by atoms with Gasteiger partial charge in [0.2, 0.25) is 0 Å². The van der Waals surface area contributed by atoms with Crippen molar-refractivity contribution in [3.8, 4) is 0 Å². The van der Waals surface area contributed by atoms with Gasteiger partial charge in [-0.1, -0.05) is 30.3 Å². The maximum absolute atomic E-state index is 11.2. The maximum atomic E-state index is 11.2. The van der Waals surface area contributed by atoms with Crippen LogP contribution < -0.4 is 0 Å². The minimum Gasteiger partial charge on any atom is -0.368 e. The van der Waals surface area contributed by atoms with Crippen LogP contribution in [0.4, 0.5) is 0 Å². The van der Waals surface area contributed by atoms with E-state index in [9.17, 15) is 4.79 Å². The van der Waals surface area contributed by atoms with E-state index in [4.69, 9.17) is 4.74 Å². The van der Waals surface area contributed by atoms with Crippen LogP contribution in [0, 0.1) is 0 Å². The molecule has 0 N–H and O–H groups in total. The van der Waals surface area contributed by atoms with E-state index < -0.39 is 0 Å². The Morgan fingerprint density at radius 2 is 1.92 bits per heavy atom. The van der Waals surface area contributed by atoms with E-state index in [2.05, 4.69) is 0 Å². The second kappa shape index (κ2) is 3.54. The fourth-order valence-electron chi connectivity index (χ4n) is 1.30. The number of hydrogen-bond donors (Lipinski definition) is 0. The van der Waals surface area contributed by atoms with Crippen LogP contribution in [0.2, 0.25) is 0 Å². The molecule has 0 radical (unpaired) electrons. The predicted molar refractivity (Wildman–Crippen MR) is 50.2 cm³/mol. The van der Waals surface area contributed by atoms with Gasteiger partial charge in [0, 0.05) is 5.57 Å². The summed E-state index contributed by atoms with van der Waals surface area (Å²) in [5, 5.41) is 0. The number of ether oxygens (including phenoxy) is 1. The molecular formula is C11H10O2. The van der Waals surface area contributed by atoms with Gasteiger partial charge in [-0.05, 0) is 11.6 Å². The fraction of sp³-hybridized carbons (Fsp3) is 0.182. The van der Waals surface area contributed by atoms with Crippen LogP contribution in [-0.4, -0.2) is 19.0 Å². The molecule has 0 aliphatic carbocycles. The van der Waals surface area contributed by atoms with Crippen LogP contribution in [0.1, 0.15) is 5.56 Å². The average molecular weight is 174 g/mol. The monoisotopic (exact) mass is 174 g/mol. The van der Waals surface area contributed by atoms with Gasteiger partial charge >= 0.3 is 0 Å². The van der Waals surface area contributed by atoms with Gasteiger partial charge in [0.1, 0.15) is 6.61 Å². The van der Waals surface area contributed by atoms with Gasteiger partial charge in [0.25, 0.3) is 0 Å². The van der Waals surface area contributed by atoms with E-state index in [-0.39, 0.29) is 12.4 Å². The minimum absolute atomic E-state index is 0.101. The van der Waals surface area contributed by atoms with E-state index >= 15 is 0 Å². The molecule has 0 spiro atoms. The lowest BCUT2D eigenvalue weighted by Crippen LogP contribution is -1.96. The molecule has 0 amide bonds. The highest BCUT2D eigenvalue weighted by Gasteiger charge is 2.16. The molecule has 1 saturated heterocycles. The zero-order valence-electron chi connectivity index (χ0n) is 7.19. The summed E-state index contributed by atoms with van der Waals surface area (Å²) in [6.07, 6.45) is 1.88. The summed E-state index contributed by atoms with van der Waals surface area (Å²) in [5.41, 5.74) is 1.82. The number of ketones is 1. The molecule has 1 aromatic rings. The summed E-state index contributed by atoms with van der Waals surface area (Å²) in [7, 11) is 0. The predicted octanol–water partition coefficient (Wildman–Crippen LogP) is 1.67. The molecule has 0 atom stereocenters. The molecule has 13 heavy (non-hydrogen) atoms. The van der Waals surface area contributed by atoms with Crippen molar-refractivity contribution in [3.63, 3.8) is 0 Å². The zero-order chi connectivity index (χ0) is 9.10. The molecule has 1 aliphatic heterocycles. The van der Waals surface area contributed by atoms with Gasteiger partial charge in [-0.15, -0.1) is 0 Å². The largest absolute Gasteiger partial charge is 0.368 e. The lowest BCUT2D eigenvalue weighted by atomic mass is 10.1. The first-order valence-corrected chi connectivity index (χ1v) is 4.23. The Labute approximate surface area is 76.8 Å². The maximum Gasteiger partial charge on any atom is 0.186 e. The molecule has 0 saturated carbocycles. The molecule has 2 heteroatoms. The molecule has 66 valence electrons. The summed E-state index contributed by atoms with van der Waals surface area (Å²) in [5.74, 6) is 0.101. The topological polar surface area (TPSA) is 26.3 Å². The van der Waals surface area contributed by atoms with E-state index in [1.165, 1.54) is 0 Å². The molecule has 1 fully saturated rings. The van der Waals surface area contributed by atoms with Gasteiger partial charge < -0.3 is 4.74 Å². The molecular weight excluding hydrogens is 164 g/mol. The van der Waals surface area contributed by atoms with Gasteiger partial charge in [-0.3, -0.25) is 4.79 Å². The van der Waals surface area contributed by atoms with Crippen LogP contribution >= 0.6 is 0 Å². The Balaban J connectivity index is 2.25. The number of benzene rings is 1.